The lowest BCUT2D eigenvalue weighted by molar-refractivity contribution is -0.122. The second-order valence-electron chi connectivity index (χ2n) is 8.64. The summed E-state index contributed by atoms with van der Waals surface area (Å²) in [7, 11) is -2.31. The van der Waals surface area contributed by atoms with Crippen molar-refractivity contribution in [1.82, 2.24) is 9.62 Å². The third kappa shape index (κ3) is 4.82. The lowest BCUT2D eigenvalue weighted by Crippen LogP contribution is -2.48. The van der Waals surface area contributed by atoms with Gasteiger partial charge in [0.25, 0.3) is 0 Å². The minimum atomic E-state index is -3.75. The molecule has 8 heteroatoms. The summed E-state index contributed by atoms with van der Waals surface area (Å²) in [5, 5.41) is 3.09. The van der Waals surface area contributed by atoms with Gasteiger partial charge in [0, 0.05) is 23.9 Å². The van der Waals surface area contributed by atoms with E-state index in [1.54, 1.807) is 36.0 Å². The van der Waals surface area contributed by atoms with Crippen LogP contribution in [0.3, 0.4) is 0 Å². The Hall–Kier alpha value is -2.03. The lowest BCUT2D eigenvalue weighted by atomic mass is 9.77. The monoisotopic (exact) mass is 474 g/mol. The zero-order chi connectivity index (χ0) is 22.8. The largest absolute Gasteiger partial charge is 0.487 e. The summed E-state index contributed by atoms with van der Waals surface area (Å²) >= 11 is 1.55. The van der Waals surface area contributed by atoms with Gasteiger partial charge in [-0.25, -0.2) is 8.42 Å². The summed E-state index contributed by atoms with van der Waals surface area (Å²) in [4.78, 5) is 14.1. The van der Waals surface area contributed by atoms with Crippen LogP contribution in [0.15, 0.2) is 58.3 Å². The van der Waals surface area contributed by atoms with Crippen LogP contribution in [0.4, 0.5) is 0 Å². The van der Waals surface area contributed by atoms with E-state index < -0.39 is 10.0 Å². The number of amides is 1. The number of likely N-dealkylation sites (N-methyl/N-ethyl adjacent to an activating group) is 1. The first-order valence-corrected chi connectivity index (χ1v) is 13.7. The minimum absolute atomic E-state index is 0.183. The third-order valence-electron chi connectivity index (χ3n) is 6.43. The van der Waals surface area contributed by atoms with E-state index >= 15 is 0 Å². The number of hydrogen-bond acceptors (Lipinski definition) is 5. The van der Waals surface area contributed by atoms with Gasteiger partial charge in [0.15, 0.2) is 0 Å². The van der Waals surface area contributed by atoms with Crippen LogP contribution in [0, 0.1) is 0 Å². The van der Waals surface area contributed by atoms with Crippen molar-refractivity contribution >= 4 is 27.7 Å². The zero-order valence-corrected chi connectivity index (χ0v) is 20.2. The van der Waals surface area contributed by atoms with E-state index in [4.69, 9.17) is 4.74 Å². The van der Waals surface area contributed by atoms with Gasteiger partial charge in [-0.1, -0.05) is 24.6 Å². The van der Waals surface area contributed by atoms with Gasteiger partial charge in [0.2, 0.25) is 15.9 Å². The smallest absolute Gasteiger partial charge is 0.243 e. The molecule has 1 heterocycles. The molecule has 1 amide bonds. The van der Waals surface area contributed by atoms with E-state index in [-0.39, 0.29) is 29.0 Å². The number of ether oxygens (including phenoxy) is 1. The number of rotatable bonds is 6. The van der Waals surface area contributed by atoms with E-state index in [0.29, 0.717) is 6.42 Å². The molecule has 1 aliphatic heterocycles. The molecule has 0 unspecified atom stereocenters. The fraction of sp³-hybridized carbons (Fsp3) is 0.458. The van der Waals surface area contributed by atoms with Gasteiger partial charge in [-0.2, -0.15) is 4.31 Å². The predicted molar refractivity (Wildman–Crippen MR) is 126 cm³/mol. The standard InChI is InChI=1S/C24H30N2O4S2/c1-26(32(28,29)19-12-10-18(31-2)11-13-19)17-23(27)25-21-16-24(14-6-3-7-15-24)30-22-9-5-4-8-20(21)22/h4-5,8-13,21H,3,6-7,14-17H2,1-2H3,(H,25,27)/t21-/m1/s1. The highest BCUT2D eigenvalue weighted by atomic mass is 32.2. The Morgan fingerprint density at radius 1 is 1.12 bits per heavy atom. The minimum Gasteiger partial charge on any atom is -0.487 e. The van der Waals surface area contributed by atoms with Crippen LogP contribution in [0.2, 0.25) is 0 Å². The van der Waals surface area contributed by atoms with Gasteiger partial charge in [-0.05, 0) is 62.3 Å². The average Bonchev–Trinajstić information content (AvgIpc) is 2.79. The molecule has 1 atom stereocenters. The molecule has 4 rings (SSSR count). The topological polar surface area (TPSA) is 75.7 Å². The van der Waals surface area contributed by atoms with E-state index in [0.717, 1.165) is 46.2 Å². The number of nitrogens with zero attached hydrogens (tertiary/aromatic N) is 1. The van der Waals surface area contributed by atoms with Gasteiger partial charge < -0.3 is 10.1 Å². The van der Waals surface area contributed by atoms with E-state index in [9.17, 15) is 13.2 Å². The fourth-order valence-electron chi connectivity index (χ4n) is 4.70. The summed E-state index contributed by atoms with van der Waals surface area (Å²) in [5.41, 5.74) is 0.705. The number of hydrogen-bond donors (Lipinski definition) is 1. The SMILES string of the molecule is CSc1ccc(S(=O)(=O)N(C)CC(=O)N[C@@H]2CC3(CCCCC3)Oc3ccccc32)cc1. The van der Waals surface area contributed by atoms with Gasteiger partial charge in [-0.15, -0.1) is 11.8 Å². The summed E-state index contributed by atoms with van der Waals surface area (Å²) < 4.78 is 33.4. The van der Waals surface area contributed by atoms with Crippen LogP contribution in [-0.4, -0.2) is 44.1 Å². The second kappa shape index (κ2) is 9.45. The molecule has 32 heavy (non-hydrogen) atoms. The normalized spacial score (nSPS) is 19.9. The number of para-hydroxylation sites is 1. The highest BCUT2D eigenvalue weighted by Crippen LogP contribution is 2.46. The summed E-state index contributed by atoms with van der Waals surface area (Å²) in [5.74, 6) is 0.505. The molecule has 2 aliphatic rings. The molecule has 172 valence electrons. The highest BCUT2D eigenvalue weighted by Gasteiger charge is 2.42. The van der Waals surface area contributed by atoms with E-state index in [2.05, 4.69) is 5.32 Å². The number of sulfonamides is 1. The van der Waals surface area contributed by atoms with Crippen LogP contribution in [0.25, 0.3) is 0 Å². The third-order valence-corrected chi connectivity index (χ3v) is 8.99. The number of carbonyl (C=O) groups excluding carboxylic acids is 1. The zero-order valence-electron chi connectivity index (χ0n) is 18.5. The number of thioether (sulfide) groups is 1. The first-order chi connectivity index (χ1) is 15.3. The predicted octanol–water partition coefficient (Wildman–Crippen LogP) is 4.37. The molecule has 0 aromatic heterocycles. The molecule has 2 aromatic carbocycles. The van der Waals surface area contributed by atoms with Crippen LogP contribution in [0.5, 0.6) is 5.75 Å². The molecular weight excluding hydrogens is 444 g/mol. The molecule has 2 aromatic rings. The Bertz CT molecular complexity index is 1060. The molecule has 0 radical (unpaired) electrons. The van der Waals surface area contributed by atoms with Crippen molar-refractivity contribution in [3.8, 4) is 5.75 Å². The average molecular weight is 475 g/mol. The van der Waals surface area contributed by atoms with E-state index in [1.165, 1.54) is 13.5 Å². The molecule has 1 N–H and O–H groups in total. The summed E-state index contributed by atoms with van der Waals surface area (Å²) in [6, 6.07) is 14.3. The molecular formula is C24H30N2O4S2. The highest BCUT2D eigenvalue weighted by molar-refractivity contribution is 7.98. The fourth-order valence-corrected chi connectivity index (χ4v) is 6.24. The summed E-state index contributed by atoms with van der Waals surface area (Å²) in [6.07, 6.45) is 8.07. The Kier molecular flexibility index (Phi) is 6.83. The van der Waals surface area contributed by atoms with Crippen molar-refractivity contribution in [2.75, 3.05) is 19.8 Å². The van der Waals surface area contributed by atoms with Crippen molar-refractivity contribution in [2.24, 2.45) is 0 Å². The maximum atomic E-state index is 12.9. The Morgan fingerprint density at radius 2 is 1.81 bits per heavy atom. The van der Waals surface area contributed by atoms with Crippen LogP contribution in [0.1, 0.15) is 50.1 Å². The number of nitrogens with one attached hydrogen (secondary N) is 1. The molecule has 1 spiro atoms. The van der Waals surface area contributed by atoms with Crippen LogP contribution < -0.4 is 10.1 Å². The molecule has 6 nitrogen and oxygen atoms in total. The van der Waals surface area contributed by atoms with Gasteiger partial charge in [-0.3, -0.25) is 4.79 Å². The molecule has 0 bridgehead atoms. The van der Waals surface area contributed by atoms with Crippen LogP contribution in [-0.2, 0) is 14.8 Å². The van der Waals surface area contributed by atoms with Gasteiger partial charge in [0.05, 0.1) is 17.5 Å². The van der Waals surface area contributed by atoms with Gasteiger partial charge in [0.1, 0.15) is 11.4 Å². The van der Waals surface area contributed by atoms with Crippen molar-refractivity contribution in [2.45, 2.75) is 60.0 Å². The Morgan fingerprint density at radius 3 is 2.50 bits per heavy atom. The van der Waals surface area contributed by atoms with E-state index in [1.807, 2.05) is 30.5 Å². The Labute approximate surface area is 194 Å². The molecule has 0 saturated heterocycles. The number of benzene rings is 2. The first-order valence-electron chi connectivity index (χ1n) is 11.0. The lowest BCUT2D eigenvalue weighted by Gasteiger charge is -2.44. The van der Waals surface area contributed by atoms with Crippen molar-refractivity contribution in [3.05, 3.63) is 54.1 Å². The Balaban J connectivity index is 1.47. The second-order valence-corrected chi connectivity index (χ2v) is 11.6. The molecule has 1 saturated carbocycles. The van der Waals surface area contributed by atoms with Crippen molar-refractivity contribution in [1.29, 1.82) is 0 Å². The maximum absolute atomic E-state index is 12.9. The summed E-state index contributed by atoms with van der Waals surface area (Å²) in [6.45, 7) is -0.237. The number of carbonyl (C=O) groups is 1. The van der Waals surface area contributed by atoms with Crippen molar-refractivity contribution in [3.63, 3.8) is 0 Å². The van der Waals surface area contributed by atoms with Crippen LogP contribution >= 0.6 is 11.8 Å². The number of fused-ring (bicyclic) bond motifs is 1. The molecule has 1 aliphatic carbocycles. The first kappa shape index (κ1) is 23.1. The molecule has 1 fully saturated rings. The maximum Gasteiger partial charge on any atom is 0.243 e. The van der Waals surface area contributed by atoms with Gasteiger partial charge >= 0.3 is 0 Å². The quantitative estimate of drug-likeness (QED) is 0.629. The van der Waals surface area contributed by atoms with Crippen molar-refractivity contribution < 1.29 is 17.9 Å².